The number of halogens is 3. The molecule has 0 N–H and O–H groups in total. The predicted octanol–water partition coefficient (Wildman–Crippen LogP) is 8.49. The van der Waals surface area contributed by atoms with Crippen molar-refractivity contribution >= 4 is 10.1 Å². The normalized spacial score (nSPS) is 12.6. The summed E-state index contributed by atoms with van der Waals surface area (Å²) in [5, 5.41) is 0. The van der Waals surface area contributed by atoms with Gasteiger partial charge in [0.2, 0.25) is 11.4 Å². The van der Waals surface area contributed by atoms with Crippen molar-refractivity contribution in [3.05, 3.63) is 102 Å². The molecule has 222 valence electrons. The van der Waals surface area contributed by atoms with Crippen molar-refractivity contribution in [1.29, 1.82) is 0 Å². The van der Waals surface area contributed by atoms with E-state index in [9.17, 15) is 13.2 Å². The molecule has 3 aromatic carbocycles. The van der Waals surface area contributed by atoms with Gasteiger partial charge in [0.1, 0.15) is 6.54 Å². The zero-order valence-corrected chi connectivity index (χ0v) is 24.6. The maximum absolute atomic E-state index is 10.7. The van der Waals surface area contributed by atoms with Crippen LogP contribution in [0.2, 0.25) is 0 Å². The van der Waals surface area contributed by atoms with E-state index in [1.54, 1.807) is 0 Å². The Labute approximate surface area is 246 Å². The number of benzene rings is 3. The number of rotatable bonds is 9. The number of aromatic nitrogens is 1. The van der Waals surface area contributed by atoms with E-state index in [0.29, 0.717) is 0 Å². The molecule has 1 aliphatic carbocycles. The molecule has 0 spiro atoms. The average molecular weight is 596 g/mol. The number of nitrogens with zero attached hydrogens (tertiary/aromatic N) is 1. The molecule has 1 aromatic heterocycles. The Hall–Kier alpha value is -3.49. The molecular formula is C34H36F3NO3S. The van der Waals surface area contributed by atoms with Gasteiger partial charge in [0.15, 0.2) is 10.1 Å². The summed E-state index contributed by atoms with van der Waals surface area (Å²) in [5.74, 6) is 0. The molecule has 0 atom stereocenters. The number of alkyl halides is 3. The van der Waals surface area contributed by atoms with Crippen molar-refractivity contribution in [1.82, 2.24) is 0 Å². The summed E-state index contributed by atoms with van der Waals surface area (Å²) in [6.07, 6.45) is 10.1. The number of pyridine rings is 1. The molecule has 8 heteroatoms. The Balaban J connectivity index is 0.000000446. The van der Waals surface area contributed by atoms with Gasteiger partial charge in [-0.15, -0.1) is 0 Å². The fraction of sp³-hybridized carbons (Fsp3) is 0.324. The van der Waals surface area contributed by atoms with Gasteiger partial charge in [-0.3, -0.25) is 0 Å². The van der Waals surface area contributed by atoms with Gasteiger partial charge >= 0.3 is 5.51 Å². The zero-order valence-electron chi connectivity index (χ0n) is 23.7. The summed E-state index contributed by atoms with van der Waals surface area (Å²) in [4.78, 5) is 0. The molecule has 0 fully saturated rings. The monoisotopic (exact) mass is 595 g/mol. The van der Waals surface area contributed by atoms with E-state index in [0.717, 1.165) is 19.4 Å². The first-order valence-corrected chi connectivity index (χ1v) is 15.8. The summed E-state index contributed by atoms with van der Waals surface area (Å²) >= 11 is 0. The fourth-order valence-corrected chi connectivity index (χ4v) is 5.51. The second kappa shape index (κ2) is 14.1. The minimum Gasteiger partial charge on any atom is -0.741 e. The molecule has 4 aromatic rings. The minimum absolute atomic E-state index is 1.07. The van der Waals surface area contributed by atoms with Crippen LogP contribution in [0.25, 0.3) is 33.6 Å². The van der Waals surface area contributed by atoms with Gasteiger partial charge in [0.05, 0.1) is 0 Å². The van der Waals surface area contributed by atoms with Gasteiger partial charge in [-0.25, -0.2) is 8.42 Å². The lowest BCUT2D eigenvalue weighted by atomic mass is 9.83. The smallest absolute Gasteiger partial charge is 0.485 e. The third-order valence-electron chi connectivity index (χ3n) is 7.54. The Morgan fingerprint density at radius 1 is 0.738 bits per heavy atom. The van der Waals surface area contributed by atoms with Crippen molar-refractivity contribution in [3.63, 3.8) is 0 Å². The van der Waals surface area contributed by atoms with Crippen LogP contribution in [0.1, 0.15) is 56.6 Å². The molecule has 1 aliphatic rings. The van der Waals surface area contributed by atoms with Crippen LogP contribution < -0.4 is 4.57 Å². The number of hydrogen-bond donors (Lipinski definition) is 0. The highest BCUT2D eigenvalue weighted by molar-refractivity contribution is 7.86. The first-order valence-electron chi connectivity index (χ1n) is 14.4. The summed E-state index contributed by atoms with van der Waals surface area (Å²) in [6.45, 7) is 3.36. The van der Waals surface area contributed by atoms with Crippen molar-refractivity contribution in [2.75, 3.05) is 0 Å². The van der Waals surface area contributed by atoms with Crippen molar-refractivity contribution in [2.45, 2.75) is 70.3 Å². The van der Waals surface area contributed by atoms with Crippen LogP contribution >= 0.6 is 0 Å². The van der Waals surface area contributed by atoms with E-state index in [4.69, 9.17) is 13.0 Å². The number of unbranched alkanes of at least 4 members (excludes halogenated alkanes) is 5. The molecule has 5 rings (SSSR count). The topological polar surface area (TPSA) is 61.1 Å². The van der Waals surface area contributed by atoms with E-state index in [1.165, 1.54) is 83.3 Å². The first-order chi connectivity index (χ1) is 20.1. The SMILES string of the molecule is CCCCCCCC[n+]1c(-c2ccccc2)cc(-c2ccccc2)c2c1-c1ccccc1CC2.O=S(=O)([O-])C(F)(F)F. The molecule has 0 unspecified atom stereocenters. The summed E-state index contributed by atoms with van der Waals surface area (Å²) < 4.78 is 61.6. The lowest BCUT2D eigenvalue weighted by Crippen LogP contribution is -2.41. The van der Waals surface area contributed by atoms with Gasteiger partial charge in [-0.05, 0) is 54.2 Å². The van der Waals surface area contributed by atoms with E-state index < -0.39 is 15.6 Å². The standard InChI is InChI=1S/C33H36N.CHF3O3S/c1-2-3-4-5-6-15-24-34-32(28-19-11-8-12-20-28)25-31(26-16-9-7-10-17-26)30-23-22-27-18-13-14-21-29(27)33(30)34;2-1(3,4)8(5,6)7/h7-14,16-21,25H,2-6,15,22-24H2,1H3;(H,5,6,7)/q+1;/p-1. The van der Waals surface area contributed by atoms with Crippen LogP contribution in [0, 0.1) is 0 Å². The van der Waals surface area contributed by atoms with Gasteiger partial charge < -0.3 is 4.55 Å². The predicted molar refractivity (Wildman–Crippen MR) is 159 cm³/mol. The molecule has 42 heavy (non-hydrogen) atoms. The molecule has 0 saturated heterocycles. The van der Waals surface area contributed by atoms with E-state index in [-0.39, 0.29) is 0 Å². The van der Waals surface area contributed by atoms with Crippen molar-refractivity contribution < 1.29 is 30.7 Å². The number of aryl methyl sites for hydroxylation is 1. The van der Waals surface area contributed by atoms with E-state index >= 15 is 0 Å². The van der Waals surface area contributed by atoms with Crippen LogP contribution in [0.4, 0.5) is 13.2 Å². The molecule has 4 nitrogen and oxygen atoms in total. The van der Waals surface area contributed by atoms with Gasteiger partial charge in [0.25, 0.3) is 0 Å². The Kier molecular flexibility index (Phi) is 10.6. The molecule has 0 saturated carbocycles. The lowest BCUT2D eigenvalue weighted by molar-refractivity contribution is -0.676. The number of hydrogen-bond acceptors (Lipinski definition) is 3. The van der Waals surface area contributed by atoms with Gasteiger partial charge in [0, 0.05) is 29.2 Å². The Bertz CT molecular complexity index is 1570. The molecule has 1 heterocycles. The minimum atomic E-state index is -6.09. The maximum atomic E-state index is 10.7. The van der Waals surface area contributed by atoms with Crippen molar-refractivity contribution in [3.8, 4) is 33.6 Å². The summed E-state index contributed by atoms with van der Waals surface area (Å²) in [6, 6.07) is 33.5. The number of fused-ring (bicyclic) bond motifs is 3. The average Bonchev–Trinajstić information content (AvgIpc) is 2.98. The van der Waals surface area contributed by atoms with Gasteiger partial charge in [-0.2, -0.15) is 17.7 Å². The molecule has 0 bridgehead atoms. The summed E-state index contributed by atoms with van der Waals surface area (Å²) in [7, 11) is -6.09. The molecule has 0 radical (unpaired) electrons. The molecule has 0 aliphatic heterocycles. The zero-order chi connectivity index (χ0) is 30.2. The quantitative estimate of drug-likeness (QED) is 0.0844. The first kappa shape index (κ1) is 31.4. The highest BCUT2D eigenvalue weighted by atomic mass is 32.2. The summed E-state index contributed by atoms with van der Waals surface area (Å²) in [5.41, 5.74) is 5.56. The second-order valence-corrected chi connectivity index (χ2v) is 11.9. The second-order valence-electron chi connectivity index (χ2n) is 10.5. The molecule has 0 amide bonds. The maximum Gasteiger partial charge on any atom is 0.485 e. The van der Waals surface area contributed by atoms with Crippen LogP contribution in [0.5, 0.6) is 0 Å². The Morgan fingerprint density at radius 3 is 1.90 bits per heavy atom. The van der Waals surface area contributed by atoms with E-state index in [2.05, 4.69) is 102 Å². The van der Waals surface area contributed by atoms with Crippen molar-refractivity contribution in [2.24, 2.45) is 0 Å². The highest BCUT2D eigenvalue weighted by Crippen LogP contribution is 2.39. The van der Waals surface area contributed by atoms with Crippen LogP contribution in [-0.2, 0) is 29.5 Å². The fourth-order valence-electron chi connectivity index (χ4n) is 5.51. The van der Waals surface area contributed by atoms with E-state index in [1.807, 2.05) is 0 Å². The highest BCUT2D eigenvalue weighted by Gasteiger charge is 2.37. The Morgan fingerprint density at radius 2 is 1.29 bits per heavy atom. The largest absolute Gasteiger partial charge is 0.741 e. The van der Waals surface area contributed by atoms with Crippen LogP contribution in [-0.4, -0.2) is 18.5 Å². The molecular weight excluding hydrogens is 559 g/mol. The third-order valence-corrected chi connectivity index (χ3v) is 8.11. The van der Waals surface area contributed by atoms with Crippen LogP contribution in [0.15, 0.2) is 91.0 Å². The van der Waals surface area contributed by atoms with Crippen LogP contribution in [0.3, 0.4) is 0 Å². The lowest BCUT2D eigenvalue weighted by Gasteiger charge is -2.23. The third kappa shape index (κ3) is 7.66. The van der Waals surface area contributed by atoms with Gasteiger partial charge in [-0.1, -0.05) is 99.3 Å².